The lowest BCUT2D eigenvalue weighted by atomic mass is 10.00. The van der Waals surface area contributed by atoms with E-state index in [-0.39, 0.29) is 5.56 Å². The van der Waals surface area contributed by atoms with E-state index in [1.807, 2.05) is 30.3 Å². The second-order valence-electron chi connectivity index (χ2n) is 5.54. The molecule has 0 aliphatic carbocycles. The summed E-state index contributed by atoms with van der Waals surface area (Å²) < 4.78 is 31.2. The highest BCUT2D eigenvalue weighted by molar-refractivity contribution is 6.01. The quantitative estimate of drug-likeness (QED) is 0.495. The molecule has 0 N–H and O–H groups in total. The zero-order chi connectivity index (χ0) is 18.5. The van der Waals surface area contributed by atoms with Crippen LogP contribution in [-0.2, 0) is 4.74 Å². The van der Waals surface area contributed by atoms with Gasteiger partial charge in [-0.05, 0) is 35.4 Å². The molecular formula is C21H14F2O3. The lowest BCUT2D eigenvalue weighted by molar-refractivity contribution is 0.0475. The van der Waals surface area contributed by atoms with Crippen LogP contribution in [0.2, 0.25) is 0 Å². The first-order valence-electron chi connectivity index (χ1n) is 7.86. The summed E-state index contributed by atoms with van der Waals surface area (Å²) in [7, 11) is 0. The van der Waals surface area contributed by atoms with E-state index in [9.17, 15) is 18.4 Å². The first kappa shape index (κ1) is 17.5. The maximum atomic E-state index is 13.2. The average Bonchev–Trinajstić information content (AvgIpc) is 2.68. The van der Waals surface area contributed by atoms with Gasteiger partial charge >= 0.3 is 5.97 Å². The van der Waals surface area contributed by atoms with Crippen molar-refractivity contribution >= 4 is 11.8 Å². The van der Waals surface area contributed by atoms with E-state index in [2.05, 4.69) is 0 Å². The van der Waals surface area contributed by atoms with Gasteiger partial charge in [-0.1, -0.05) is 48.5 Å². The Morgan fingerprint density at radius 2 is 1.50 bits per heavy atom. The van der Waals surface area contributed by atoms with Crippen LogP contribution in [0.1, 0.15) is 20.7 Å². The van der Waals surface area contributed by atoms with Gasteiger partial charge in [0.05, 0.1) is 5.56 Å². The summed E-state index contributed by atoms with van der Waals surface area (Å²) >= 11 is 0. The Hall–Kier alpha value is -3.34. The van der Waals surface area contributed by atoms with Crippen molar-refractivity contribution in [2.45, 2.75) is 0 Å². The van der Waals surface area contributed by atoms with Crippen molar-refractivity contribution in [1.29, 1.82) is 0 Å². The molecule has 0 aliphatic rings. The molecule has 0 amide bonds. The first-order valence-corrected chi connectivity index (χ1v) is 7.86. The van der Waals surface area contributed by atoms with E-state index in [1.54, 1.807) is 24.3 Å². The fourth-order valence-corrected chi connectivity index (χ4v) is 2.49. The van der Waals surface area contributed by atoms with Gasteiger partial charge in [-0.15, -0.1) is 0 Å². The Morgan fingerprint density at radius 1 is 0.808 bits per heavy atom. The summed E-state index contributed by atoms with van der Waals surface area (Å²) in [5.74, 6) is -3.46. The monoisotopic (exact) mass is 352 g/mol. The third kappa shape index (κ3) is 3.83. The summed E-state index contributed by atoms with van der Waals surface area (Å²) in [6.45, 7) is -0.562. The highest BCUT2D eigenvalue weighted by atomic mass is 19.2. The smallest absolute Gasteiger partial charge is 0.339 e. The second kappa shape index (κ2) is 7.70. The zero-order valence-electron chi connectivity index (χ0n) is 13.6. The molecular weight excluding hydrogens is 338 g/mol. The fraction of sp³-hybridized carbons (Fsp3) is 0.0476. The molecule has 3 aromatic rings. The van der Waals surface area contributed by atoms with Crippen LogP contribution in [0.15, 0.2) is 72.8 Å². The van der Waals surface area contributed by atoms with Gasteiger partial charge in [-0.25, -0.2) is 13.6 Å². The SMILES string of the molecule is O=C(COC(=O)c1ccccc1-c1ccccc1)c1ccc(F)c(F)c1. The highest BCUT2D eigenvalue weighted by Crippen LogP contribution is 2.24. The molecule has 3 nitrogen and oxygen atoms in total. The van der Waals surface area contributed by atoms with E-state index >= 15 is 0 Å². The van der Waals surface area contributed by atoms with E-state index in [4.69, 9.17) is 4.74 Å². The molecule has 3 rings (SSSR count). The topological polar surface area (TPSA) is 43.4 Å². The number of hydrogen-bond acceptors (Lipinski definition) is 3. The van der Waals surface area contributed by atoms with Crippen LogP contribution in [0.3, 0.4) is 0 Å². The van der Waals surface area contributed by atoms with Crippen molar-refractivity contribution in [3.63, 3.8) is 0 Å². The van der Waals surface area contributed by atoms with Gasteiger partial charge < -0.3 is 4.74 Å². The minimum atomic E-state index is -1.13. The van der Waals surface area contributed by atoms with Crippen molar-refractivity contribution in [2.75, 3.05) is 6.61 Å². The van der Waals surface area contributed by atoms with E-state index in [0.717, 1.165) is 23.8 Å². The minimum absolute atomic E-state index is 0.0620. The predicted octanol–water partition coefficient (Wildman–Crippen LogP) is 4.67. The number of ketones is 1. The minimum Gasteiger partial charge on any atom is -0.454 e. The maximum absolute atomic E-state index is 13.2. The van der Waals surface area contributed by atoms with Gasteiger partial charge in [-0.3, -0.25) is 4.79 Å². The number of ether oxygens (including phenoxy) is 1. The van der Waals surface area contributed by atoms with Gasteiger partial charge in [0.2, 0.25) is 0 Å². The van der Waals surface area contributed by atoms with Crippen LogP contribution < -0.4 is 0 Å². The van der Waals surface area contributed by atoms with Crippen LogP contribution in [0.4, 0.5) is 8.78 Å². The van der Waals surface area contributed by atoms with Gasteiger partial charge in [0.15, 0.2) is 24.0 Å². The average molecular weight is 352 g/mol. The van der Waals surface area contributed by atoms with Crippen LogP contribution in [0.5, 0.6) is 0 Å². The van der Waals surface area contributed by atoms with Gasteiger partial charge in [-0.2, -0.15) is 0 Å². The summed E-state index contributed by atoms with van der Waals surface area (Å²) in [4.78, 5) is 24.4. The lowest BCUT2D eigenvalue weighted by Crippen LogP contribution is -2.15. The molecule has 0 saturated carbocycles. The van der Waals surface area contributed by atoms with Crippen molar-refractivity contribution < 1.29 is 23.1 Å². The number of halogens is 2. The molecule has 0 spiro atoms. The number of carbonyl (C=O) groups excluding carboxylic acids is 2. The molecule has 130 valence electrons. The van der Waals surface area contributed by atoms with Crippen LogP contribution in [0, 0.1) is 11.6 Å². The molecule has 0 fully saturated rings. The third-order valence-corrected chi connectivity index (χ3v) is 3.81. The number of benzene rings is 3. The summed E-state index contributed by atoms with van der Waals surface area (Å²) in [5.41, 5.74) is 1.77. The van der Waals surface area contributed by atoms with E-state index < -0.39 is 30.0 Å². The molecule has 0 bridgehead atoms. The normalized spacial score (nSPS) is 10.4. The van der Waals surface area contributed by atoms with Gasteiger partial charge in [0, 0.05) is 5.56 Å². The fourth-order valence-electron chi connectivity index (χ4n) is 2.49. The summed E-state index contributed by atoms with van der Waals surface area (Å²) in [6, 6.07) is 18.9. The van der Waals surface area contributed by atoms with Crippen LogP contribution >= 0.6 is 0 Å². The van der Waals surface area contributed by atoms with Crippen LogP contribution in [0.25, 0.3) is 11.1 Å². The second-order valence-corrected chi connectivity index (χ2v) is 5.54. The van der Waals surface area contributed by atoms with E-state index in [0.29, 0.717) is 11.1 Å². The Morgan fingerprint density at radius 3 is 2.23 bits per heavy atom. The van der Waals surface area contributed by atoms with Crippen molar-refractivity contribution in [3.05, 3.63) is 95.6 Å². The molecule has 0 heterocycles. The zero-order valence-corrected chi connectivity index (χ0v) is 13.6. The molecule has 0 radical (unpaired) electrons. The van der Waals surface area contributed by atoms with Gasteiger partial charge in [0.25, 0.3) is 0 Å². The number of rotatable bonds is 5. The molecule has 26 heavy (non-hydrogen) atoms. The Labute approximate surface area is 148 Å². The molecule has 0 aromatic heterocycles. The number of carbonyl (C=O) groups is 2. The Kier molecular flexibility index (Phi) is 5.17. The van der Waals surface area contributed by atoms with Crippen molar-refractivity contribution in [2.24, 2.45) is 0 Å². The van der Waals surface area contributed by atoms with Crippen molar-refractivity contribution in [1.82, 2.24) is 0 Å². The predicted molar refractivity (Wildman–Crippen MR) is 92.8 cm³/mol. The molecule has 0 aliphatic heterocycles. The largest absolute Gasteiger partial charge is 0.454 e. The Bertz CT molecular complexity index is 952. The van der Waals surface area contributed by atoms with E-state index in [1.165, 1.54) is 0 Å². The molecule has 0 saturated heterocycles. The number of hydrogen-bond donors (Lipinski definition) is 0. The molecule has 3 aromatic carbocycles. The van der Waals surface area contributed by atoms with Crippen molar-refractivity contribution in [3.8, 4) is 11.1 Å². The standard InChI is InChI=1S/C21H14F2O3/c22-18-11-10-15(12-19(18)23)20(24)13-26-21(25)17-9-5-4-8-16(17)14-6-2-1-3-7-14/h1-12H,13H2. The molecule has 5 heteroatoms. The first-order chi connectivity index (χ1) is 12.6. The summed E-state index contributed by atoms with van der Waals surface area (Å²) in [5, 5.41) is 0. The van der Waals surface area contributed by atoms with Gasteiger partial charge in [0.1, 0.15) is 0 Å². The number of Topliss-reactive ketones (excluding diaryl/α,β-unsaturated/α-hetero) is 1. The van der Waals surface area contributed by atoms with Crippen LogP contribution in [-0.4, -0.2) is 18.4 Å². The highest BCUT2D eigenvalue weighted by Gasteiger charge is 2.16. The number of esters is 1. The molecule has 0 atom stereocenters. The Balaban J connectivity index is 1.75. The third-order valence-electron chi connectivity index (χ3n) is 3.81. The summed E-state index contributed by atoms with van der Waals surface area (Å²) in [6.07, 6.45) is 0. The molecule has 0 unspecified atom stereocenters. The maximum Gasteiger partial charge on any atom is 0.339 e. The lowest BCUT2D eigenvalue weighted by Gasteiger charge is -2.09.